The van der Waals surface area contributed by atoms with Gasteiger partial charge < -0.3 is 24.7 Å². The van der Waals surface area contributed by atoms with E-state index in [9.17, 15) is 4.79 Å². The Labute approximate surface area is 138 Å². The summed E-state index contributed by atoms with van der Waals surface area (Å²) >= 11 is 0. The molecule has 2 rings (SSSR count). The van der Waals surface area contributed by atoms with Crippen LogP contribution in [0.5, 0.6) is 0 Å². The average Bonchev–Trinajstić information content (AvgIpc) is 3.19. The quantitative estimate of drug-likeness (QED) is 0.598. The fourth-order valence-electron chi connectivity index (χ4n) is 3.74. The summed E-state index contributed by atoms with van der Waals surface area (Å²) < 4.78 is 22.9. The molecule has 1 aliphatic carbocycles. The maximum Gasteiger partial charge on any atom is 0.404 e. The van der Waals surface area contributed by atoms with Crippen LogP contribution in [0.4, 0.5) is 4.79 Å². The van der Waals surface area contributed by atoms with Gasteiger partial charge in [0.2, 0.25) is 0 Å². The number of methoxy groups -OCH3 is 1. The molecule has 6 nitrogen and oxygen atoms in total. The Morgan fingerprint density at radius 1 is 1.43 bits per heavy atom. The Bertz CT molecular complexity index is 466. The van der Waals surface area contributed by atoms with Gasteiger partial charge in [0.25, 0.3) is 0 Å². The minimum atomic E-state index is -0.772. The lowest BCUT2D eigenvalue weighted by Crippen LogP contribution is -2.58. The van der Waals surface area contributed by atoms with Gasteiger partial charge in [-0.1, -0.05) is 11.6 Å². The minimum absolute atomic E-state index is 0.0383. The maximum atomic E-state index is 11.2. The van der Waals surface area contributed by atoms with Gasteiger partial charge in [-0.25, -0.2) is 4.79 Å². The first kappa shape index (κ1) is 18.2. The Hall–Kier alpha value is -1.11. The minimum Gasteiger partial charge on any atom is -0.444 e. The molecule has 1 aliphatic heterocycles. The van der Waals surface area contributed by atoms with Gasteiger partial charge in [0.05, 0.1) is 24.4 Å². The van der Waals surface area contributed by atoms with Crippen LogP contribution in [0, 0.1) is 5.92 Å². The van der Waals surface area contributed by atoms with Crippen molar-refractivity contribution in [1.82, 2.24) is 0 Å². The SMILES string of the molecule is COC1C(OC(N)=O)CCC2(CO2)C1C(C)(C)OCC=C(C)C. The lowest BCUT2D eigenvalue weighted by atomic mass is 9.68. The monoisotopic (exact) mass is 327 g/mol. The summed E-state index contributed by atoms with van der Waals surface area (Å²) in [6.45, 7) is 9.38. The van der Waals surface area contributed by atoms with Gasteiger partial charge in [0.15, 0.2) is 0 Å². The highest BCUT2D eigenvalue weighted by atomic mass is 16.6. The summed E-state index contributed by atoms with van der Waals surface area (Å²) in [7, 11) is 1.63. The molecule has 1 amide bonds. The van der Waals surface area contributed by atoms with E-state index in [1.807, 2.05) is 33.8 Å². The van der Waals surface area contributed by atoms with E-state index in [-0.39, 0.29) is 23.7 Å². The summed E-state index contributed by atoms with van der Waals surface area (Å²) in [6.07, 6.45) is 2.09. The van der Waals surface area contributed by atoms with E-state index in [0.29, 0.717) is 19.6 Å². The predicted octanol–water partition coefficient (Wildman–Crippen LogP) is 2.41. The van der Waals surface area contributed by atoms with E-state index in [2.05, 4.69) is 0 Å². The van der Waals surface area contributed by atoms with E-state index < -0.39 is 11.7 Å². The van der Waals surface area contributed by atoms with Crippen LogP contribution in [0.15, 0.2) is 11.6 Å². The van der Waals surface area contributed by atoms with Crippen LogP contribution in [0.25, 0.3) is 0 Å². The van der Waals surface area contributed by atoms with Crippen molar-refractivity contribution in [2.24, 2.45) is 11.7 Å². The molecule has 1 heterocycles. The van der Waals surface area contributed by atoms with Crippen molar-refractivity contribution >= 4 is 6.09 Å². The van der Waals surface area contributed by atoms with Gasteiger partial charge in [-0.15, -0.1) is 0 Å². The average molecular weight is 327 g/mol. The third-order valence-corrected chi connectivity index (χ3v) is 4.86. The third kappa shape index (κ3) is 4.05. The zero-order valence-electron chi connectivity index (χ0n) is 14.8. The number of carbonyl (C=O) groups is 1. The number of allylic oxidation sites excluding steroid dienone is 1. The van der Waals surface area contributed by atoms with Gasteiger partial charge in [-0.2, -0.15) is 0 Å². The number of primary amides is 1. The van der Waals surface area contributed by atoms with Gasteiger partial charge >= 0.3 is 6.09 Å². The van der Waals surface area contributed by atoms with E-state index >= 15 is 0 Å². The zero-order chi connectivity index (χ0) is 17.3. The third-order valence-electron chi connectivity index (χ3n) is 4.86. The van der Waals surface area contributed by atoms with Crippen molar-refractivity contribution in [1.29, 1.82) is 0 Å². The molecule has 6 heteroatoms. The summed E-state index contributed by atoms with van der Waals surface area (Å²) in [6, 6.07) is 0. The molecule has 1 saturated carbocycles. The molecule has 132 valence electrons. The Balaban J connectivity index is 2.19. The molecule has 4 atom stereocenters. The van der Waals surface area contributed by atoms with Crippen LogP contribution in [0.2, 0.25) is 0 Å². The Morgan fingerprint density at radius 3 is 2.57 bits per heavy atom. The fraction of sp³-hybridized carbons (Fsp3) is 0.824. The van der Waals surface area contributed by atoms with Gasteiger partial charge in [-0.3, -0.25) is 0 Å². The Morgan fingerprint density at radius 2 is 2.09 bits per heavy atom. The number of carbonyl (C=O) groups excluding carboxylic acids is 1. The molecular formula is C17H29NO5. The van der Waals surface area contributed by atoms with Crippen LogP contribution in [-0.4, -0.2) is 49.8 Å². The summed E-state index contributed by atoms with van der Waals surface area (Å²) in [5, 5.41) is 0. The van der Waals surface area contributed by atoms with Crippen LogP contribution in [0.1, 0.15) is 40.5 Å². The number of hydrogen-bond acceptors (Lipinski definition) is 5. The molecule has 4 unspecified atom stereocenters. The van der Waals surface area contributed by atoms with Gasteiger partial charge in [0.1, 0.15) is 12.2 Å². The van der Waals surface area contributed by atoms with Crippen LogP contribution in [0.3, 0.4) is 0 Å². The molecule has 2 aliphatic rings. The standard InChI is InChI=1S/C17H29NO5/c1-11(2)7-9-21-16(3,4)14-13(20-5)12(23-15(18)19)6-8-17(14)10-22-17/h7,12-14H,6,8-10H2,1-5H3,(H2,18,19). The second-order valence-electron chi connectivity index (χ2n) is 7.24. The van der Waals surface area contributed by atoms with Crippen LogP contribution >= 0.6 is 0 Å². The topological polar surface area (TPSA) is 83.3 Å². The van der Waals surface area contributed by atoms with Gasteiger partial charge in [-0.05, 0) is 40.5 Å². The lowest BCUT2D eigenvalue weighted by molar-refractivity contribution is -0.171. The number of amides is 1. The summed E-state index contributed by atoms with van der Waals surface area (Å²) in [5.41, 5.74) is 5.69. The van der Waals surface area contributed by atoms with E-state index in [4.69, 9.17) is 24.7 Å². The van der Waals surface area contributed by atoms with Crippen molar-refractivity contribution in [3.63, 3.8) is 0 Å². The molecule has 0 aromatic carbocycles. The predicted molar refractivity (Wildman–Crippen MR) is 86.1 cm³/mol. The van der Waals surface area contributed by atoms with Crippen LogP contribution < -0.4 is 5.73 Å². The summed E-state index contributed by atoms with van der Waals surface area (Å²) in [4.78, 5) is 11.2. The van der Waals surface area contributed by atoms with Crippen molar-refractivity contribution in [3.05, 3.63) is 11.6 Å². The van der Waals surface area contributed by atoms with Crippen molar-refractivity contribution in [2.75, 3.05) is 20.3 Å². The molecule has 0 aromatic heterocycles. The molecule has 2 N–H and O–H groups in total. The molecule has 23 heavy (non-hydrogen) atoms. The van der Waals surface area contributed by atoms with Crippen molar-refractivity contribution in [2.45, 2.75) is 63.9 Å². The summed E-state index contributed by atoms with van der Waals surface area (Å²) in [5.74, 6) is -0.0383. The van der Waals surface area contributed by atoms with E-state index in [1.165, 1.54) is 5.57 Å². The highest BCUT2D eigenvalue weighted by molar-refractivity contribution is 5.64. The Kier molecular flexibility index (Phi) is 5.38. The largest absolute Gasteiger partial charge is 0.444 e. The zero-order valence-corrected chi connectivity index (χ0v) is 14.8. The smallest absolute Gasteiger partial charge is 0.404 e. The molecule has 1 saturated heterocycles. The van der Waals surface area contributed by atoms with E-state index in [0.717, 1.165) is 6.42 Å². The molecule has 2 fully saturated rings. The second kappa shape index (κ2) is 6.79. The van der Waals surface area contributed by atoms with Crippen LogP contribution in [-0.2, 0) is 18.9 Å². The van der Waals surface area contributed by atoms with E-state index in [1.54, 1.807) is 7.11 Å². The number of epoxide rings is 1. The normalized spacial score (nSPS) is 33.3. The fourth-order valence-corrected chi connectivity index (χ4v) is 3.74. The lowest BCUT2D eigenvalue weighted by Gasteiger charge is -2.47. The highest BCUT2D eigenvalue weighted by Crippen LogP contribution is 2.52. The molecule has 1 spiro atoms. The molecule has 0 radical (unpaired) electrons. The maximum absolute atomic E-state index is 11.2. The number of rotatable bonds is 6. The van der Waals surface area contributed by atoms with Crippen molar-refractivity contribution < 1.29 is 23.7 Å². The molecule has 0 aromatic rings. The number of hydrogen-bond donors (Lipinski definition) is 1. The number of nitrogens with two attached hydrogens (primary N) is 1. The first-order valence-electron chi connectivity index (χ1n) is 8.12. The highest BCUT2D eigenvalue weighted by Gasteiger charge is 2.64. The number of ether oxygens (including phenoxy) is 4. The first-order chi connectivity index (χ1) is 10.7. The first-order valence-corrected chi connectivity index (χ1v) is 8.12. The van der Waals surface area contributed by atoms with Gasteiger partial charge in [0, 0.05) is 13.0 Å². The molecule has 0 bridgehead atoms. The second-order valence-corrected chi connectivity index (χ2v) is 7.24. The van der Waals surface area contributed by atoms with Crippen molar-refractivity contribution in [3.8, 4) is 0 Å². The molecular weight excluding hydrogens is 298 g/mol.